The first-order valence-electron chi connectivity index (χ1n) is 6.65. The molecule has 1 aliphatic heterocycles. The summed E-state index contributed by atoms with van der Waals surface area (Å²) in [6.45, 7) is 3.83. The van der Waals surface area contributed by atoms with Crippen molar-refractivity contribution in [1.29, 1.82) is 0 Å². The summed E-state index contributed by atoms with van der Waals surface area (Å²) in [6, 6.07) is 1.60. The Labute approximate surface area is 115 Å². The molecule has 5 nitrogen and oxygen atoms in total. The van der Waals surface area contributed by atoms with Gasteiger partial charge in [-0.2, -0.15) is 4.39 Å². The molecule has 0 bridgehead atoms. The number of nitrogens with zero attached hydrogens (tertiary/aromatic N) is 2. The fourth-order valence-corrected chi connectivity index (χ4v) is 2.68. The van der Waals surface area contributed by atoms with E-state index in [9.17, 15) is 18.9 Å². The Hall–Kier alpha value is -1.76. The van der Waals surface area contributed by atoms with Crippen molar-refractivity contribution >= 4 is 11.4 Å². The number of hydrogen-bond acceptors (Lipinski definition) is 4. The molecule has 1 aromatic rings. The van der Waals surface area contributed by atoms with Crippen molar-refractivity contribution in [3.8, 4) is 0 Å². The standard InChI is InChI=1S/C13H17F2N3O2/c1-2-17(10-4-3-5-16-8-10)12-7-9(14)6-11(15)13(12)18(19)20/h6-7,10,16H,2-5,8H2,1H3. The van der Waals surface area contributed by atoms with Crippen molar-refractivity contribution in [3.63, 3.8) is 0 Å². The zero-order valence-corrected chi connectivity index (χ0v) is 11.2. The van der Waals surface area contributed by atoms with Gasteiger partial charge < -0.3 is 10.2 Å². The third-order valence-corrected chi connectivity index (χ3v) is 3.55. The van der Waals surface area contributed by atoms with Gasteiger partial charge in [-0.3, -0.25) is 10.1 Å². The molecule has 110 valence electrons. The summed E-state index contributed by atoms with van der Waals surface area (Å²) in [5, 5.41) is 14.3. The third-order valence-electron chi connectivity index (χ3n) is 3.55. The number of halogens is 2. The predicted molar refractivity (Wildman–Crippen MR) is 71.9 cm³/mol. The molecule has 1 fully saturated rings. The van der Waals surface area contributed by atoms with Crippen LogP contribution < -0.4 is 10.2 Å². The highest BCUT2D eigenvalue weighted by Crippen LogP contribution is 2.34. The SMILES string of the molecule is CCN(c1cc(F)cc(F)c1[N+](=O)[O-])C1CCCNC1. The quantitative estimate of drug-likeness (QED) is 0.682. The van der Waals surface area contributed by atoms with Gasteiger partial charge in [0.2, 0.25) is 5.82 Å². The number of hydrogen-bond donors (Lipinski definition) is 1. The van der Waals surface area contributed by atoms with Crippen LogP contribution in [0.2, 0.25) is 0 Å². The van der Waals surface area contributed by atoms with Crippen molar-refractivity contribution < 1.29 is 13.7 Å². The second-order valence-electron chi connectivity index (χ2n) is 4.80. The number of nitro groups is 1. The fraction of sp³-hybridized carbons (Fsp3) is 0.538. The minimum Gasteiger partial charge on any atom is -0.362 e. The lowest BCUT2D eigenvalue weighted by molar-refractivity contribution is -0.386. The summed E-state index contributed by atoms with van der Waals surface area (Å²) in [4.78, 5) is 12.0. The molecule has 0 saturated carbocycles. The Balaban J connectivity index is 2.44. The minimum absolute atomic E-state index is 0.00801. The average Bonchev–Trinajstić information content (AvgIpc) is 2.39. The van der Waals surface area contributed by atoms with Crippen LogP contribution in [0, 0.1) is 21.7 Å². The molecule has 1 N–H and O–H groups in total. The van der Waals surface area contributed by atoms with E-state index in [4.69, 9.17) is 0 Å². The van der Waals surface area contributed by atoms with E-state index in [0.717, 1.165) is 25.5 Å². The van der Waals surface area contributed by atoms with E-state index >= 15 is 0 Å². The van der Waals surface area contributed by atoms with Crippen molar-refractivity contribution in [2.75, 3.05) is 24.5 Å². The molecule has 0 radical (unpaired) electrons. The Morgan fingerprint density at radius 3 is 2.80 bits per heavy atom. The molecule has 0 aliphatic carbocycles. The van der Waals surface area contributed by atoms with Crippen molar-refractivity contribution in [1.82, 2.24) is 5.32 Å². The topological polar surface area (TPSA) is 58.4 Å². The second kappa shape index (κ2) is 6.13. The highest BCUT2D eigenvalue weighted by atomic mass is 19.1. The van der Waals surface area contributed by atoms with Gasteiger partial charge in [0.1, 0.15) is 11.5 Å². The third kappa shape index (κ3) is 2.87. The molecular weight excluding hydrogens is 268 g/mol. The summed E-state index contributed by atoms with van der Waals surface area (Å²) < 4.78 is 27.1. The monoisotopic (exact) mass is 285 g/mol. The molecule has 7 heteroatoms. The number of likely N-dealkylation sites (N-methyl/N-ethyl adjacent to an activating group) is 1. The largest absolute Gasteiger partial charge is 0.362 e. The molecule has 0 aromatic heterocycles. The number of rotatable bonds is 4. The molecule has 0 spiro atoms. The number of nitrogens with one attached hydrogen (secondary N) is 1. The molecule has 0 amide bonds. The predicted octanol–water partition coefficient (Wildman–Crippen LogP) is 2.45. The lowest BCUT2D eigenvalue weighted by atomic mass is 10.0. The lowest BCUT2D eigenvalue weighted by Crippen LogP contribution is -2.46. The van der Waals surface area contributed by atoms with Gasteiger partial charge in [0.15, 0.2) is 0 Å². The van der Waals surface area contributed by atoms with E-state index in [1.54, 1.807) is 4.90 Å². The highest BCUT2D eigenvalue weighted by Gasteiger charge is 2.29. The lowest BCUT2D eigenvalue weighted by Gasteiger charge is -2.35. The first kappa shape index (κ1) is 14.6. The van der Waals surface area contributed by atoms with E-state index in [2.05, 4.69) is 5.32 Å². The average molecular weight is 285 g/mol. The maximum absolute atomic E-state index is 13.7. The summed E-state index contributed by atoms with van der Waals surface area (Å²) in [5.41, 5.74) is -0.637. The van der Waals surface area contributed by atoms with E-state index in [-0.39, 0.29) is 11.7 Å². The van der Waals surface area contributed by atoms with Crippen molar-refractivity contribution in [3.05, 3.63) is 33.9 Å². The first-order valence-corrected chi connectivity index (χ1v) is 6.65. The van der Waals surface area contributed by atoms with Gasteiger partial charge in [-0.05, 0) is 26.3 Å². The van der Waals surface area contributed by atoms with Crippen LogP contribution in [-0.4, -0.2) is 30.6 Å². The molecule has 1 aromatic carbocycles. The molecule has 1 saturated heterocycles. The molecule has 1 atom stereocenters. The van der Waals surface area contributed by atoms with Gasteiger partial charge in [-0.25, -0.2) is 4.39 Å². The van der Waals surface area contributed by atoms with E-state index < -0.39 is 22.2 Å². The van der Waals surface area contributed by atoms with Crippen LogP contribution in [0.3, 0.4) is 0 Å². The summed E-state index contributed by atoms with van der Waals surface area (Å²) >= 11 is 0. The second-order valence-corrected chi connectivity index (χ2v) is 4.80. The van der Waals surface area contributed by atoms with E-state index in [1.807, 2.05) is 6.92 Å². The maximum atomic E-state index is 13.7. The van der Waals surface area contributed by atoms with E-state index in [1.165, 1.54) is 0 Å². The maximum Gasteiger partial charge on any atom is 0.328 e. The minimum atomic E-state index is -1.13. The van der Waals surface area contributed by atoms with Crippen LogP contribution in [0.25, 0.3) is 0 Å². The van der Waals surface area contributed by atoms with Gasteiger partial charge in [-0.15, -0.1) is 0 Å². The molecular formula is C13H17F2N3O2. The van der Waals surface area contributed by atoms with Gasteiger partial charge in [0, 0.05) is 31.3 Å². The Morgan fingerprint density at radius 1 is 1.50 bits per heavy atom. The van der Waals surface area contributed by atoms with Crippen LogP contribution in [-0.2, 0) is 0 Å². The summed E-state index contributed by atoms with van der Waals surface area (Å²) in [6.07, 6.45) is 1.78. The van der Waals surface area contributed by atoms with Crippen molar-refractivity contribution in [2.24, 2.45) is 0 Å². The smallest absolute Gasteiger partial charge is 0.328 e. The molecule has 20 heavy (non-hydrogen) atoms. The number of benzene rings is 1. The molecule has 1 heterocycles. The molecule has 2 rings (SSSR count). The normalized spacial score (nSPS) is 18.9. The van der Waals surface area contributed by atoms with Gasteiger partial charge in [-0.1, -0.05) is 0 Å². The Morgan fingerprint density at radius 2 is 2.25 bits per heavy atom. The van der Waals surface area contributed by atoms with Crippen LogP contribution in [0.4, 0.5) is 20.2 Å². The number of anilines is 1. The van der Waals surface area contributed by atoms with Crippen molar-refractivity contribution in [2.45, 2.75) is 25.8 Å². The fourth-order valence-electron chi connectivity index (χ4n) is 2.68. The van der Waals surface area contributed by atoms with Gasteiger partial charge in [0.25, 0.3) is 0 Å². The molecule has 1 unspecified atom stereocenters. The van der Waals surface area contributed by atoms with E-state index in [0.29, 0.717) is 19.2 Å². The summed E-state index contributed by atoms with van der Waals surface area (Å²) in [5.74, 6) is -1.93. The van der Waals surface area contributed by atoms with Gasteiger partial charge in [0.05, 0.1) is 4.92 Å². The van der Waals surface area contributed by atoms with Crippen LogP contribution in [0.15, 0.2) is 12.1 Å². The number of piperidine rings is 1. The van der Waals surface area contributed by atoms with Gasteiger partial charge >= 0.3 is 5.69 Å². The number of nitro benzene ring substituents is 1. The first-order chi connectivity index (χ1) is 9.54. The Bertz CT molecular complexity index is 505. The summed E-state index contributed by atoms with van der Waals surface area (Å²) in [7, 11) is 0. The zero-order valence-electron chi connectivity index (χ0n) is 11.2. The molecule has 1 aliphatic rings. The zero-order chi connectivity index (χ0) is 14.7. The van der Waals surface area contributed by atoms with Crippen LogP contribution >= 0.6 is 0 Å². The van der Waals surface area contributed by atoms with Crippen LogP contribution in [0.5, 0.6) is 0 Å². The highest BCUT2D eigenvalue weighted by molar-refractivity contribution is 5.64. The van der Waals surface area contributed by atoms with Crippen LogP contribution in [0.1, 0.15) is 19.8 Å². The Kier molecular flexibility index (Phi) is 4.49.